The lowest BCUT2D eigenvalue weighted by atomic mass is 10.2. The number of rotatable bonds is 5. The monoisotopic (exact) mass is 259 g/mol. The minimum atomic E-state index is 0.0670. The lowest BCUT2D eigenvalue weighted by molar-refractivity contribution is 0.112. The molecule has 0 aliphatic heterocycles. The van der Waals surface area contributed by atoms with Crippen LogP contribution < -0.4 is 5.32 Å². The number of halogens is 1. The summed E-state index contributed by atoms with van der Waals surface area (Å²) < 4.78 is 0.0670. The molecule has 0 amide bonds. The highest BCUT2D eigenvalue weighted by atomic mass is 35.5. The zero-order chi connectivity index (χ0) is 12.2. The van der Waals surface area contributed by atoms with E-state index < -0.39 is 0 Å². The molecule has 0 bridgehead atoms. The SMILES string of the molecule is CSC(C)(C)CNc1ncnc(Cl)c1C=O. The van der Waals surface area contributed by atoms with Gasteiger partial charge >= 0.3 is 0 Å². The number of nitrogens with zero attached hydrogens (tertiary/aromatic N) is 2. The zero-order valence-corrected chi connectivity index (χ0v) is 11.0. The van der Waals surface area contributed by atoms with Crippen molar-refractivity contribution >= 4 is 35.5 Å². The minimum Gasteiger partial charge on any atom is -0.368 e. The van der Waals surface area contributed by atoms with Gasteiger partial charge in [-0.2, -0.15) is 11.8 Å². The van der Waals surface area contributed by atoms with Gasteiger partial charge in [0, 0.05) is 11.3 Å². The molecule has 0 aliphatic carbocycles. The van der Waals surface area contributed by atoms with Crippen LogP contribution in [0.25, 0.3) is 0 Å². The summed E-state index contributed by atoms with van der Waals surface area (Å²) in [5.74, 6) is 0.483. The predicted octanol–water partition coefficient (Wildman–Crippen LogP) is 2.50. The molecule has 1 aromatic rings. The molecule has 0 aliphatic rings. The van der Waals surface area contributed by atoms with Crippen molar-refractivity contribution < 1.29 is 4.79 Å². The first-order chi connectivity index (χ1) is 7.50. The van der Waals surface area contributed by atoms with Crippen molar-refractivity contribution in [1.29, 1.82) is 0 Å². The lowest BCUT2D eigenvalue weighted by Gasteiger charge is -2.22. The normalized spacial score (nSPS) is 11.2. The van der Waals surface area contributed by atoms with Gasteiger partial charge in [0.2, 0.25) is 0 Å². The molecule has 16 heavy (non-hydrogen) atoms. The Labute approximate surface area is 104 Å². The Balaban J connectivity index is 2.82. The summed E-state index contributed by atoms with van der Waals surface area (Å²) in [7, 11) is 0. The molecule has 0 atom stereocenters. The molecule has 0 aromatic carbocycles. The van der Waals surface area contributed by atoms with Gasteiger partial charge in [0.15, 0.2) is 6.29 Å². The molecule has 0 radical (unpaired) electrons. The highest BCUT2D eigenvalue weighted by Crippen LogP contribution is 2.23. The van der Waals surface area contributed by atoms with Crippen LogP contribution in [0, 0.1) is 0 Å². The third-order valence-corrected chi connectivity index (χ3v) is 3.74. The average Bonchev–Trinajstić information content (AvgIpc) is 2.26. The molecule has 1 N–H and O–H groups in total. The Morgan fingerprint density at radius 2 is 2.25 bits per heavy atom. The van der Waals surface area contributed by atoms with Crippen LogP contribution in [0.1, 0.15) is 24.2 Å². The predicted molar refractivity (Wildman–Crippen MR) is 68.5 cm³/mol. The third-order valence-electron chi connectivity index (χ3n) is 2.19. The van der Waals surface area contributed by atoms with E-state index in [9.17, 15) is 4.79 Å². The Hall–Kier alpha value is -0.810. The largest absolute Gasteiger partial charge is 0.368 e. The molecule has 1 aromatic heterocycles. The van der Waals surface area contributed by atoms with E-state index in [1.165, 1.54) is 6.33 Å². The zero-order valence-electron chi connectivity index (χ0n) is 9.45. The molecule has 0 unspecified atom stereocenters. The van der Waals surface area contributed by atoms with Crippen molar-refractivity contribution in [3.63, 3.8) is 0 Å². The van der Waals surface area contributed by atoms with Gasteiger partial charge in [0.05, 0.1) is 5.56 Å². The van der Waals surface area contributed by atoms with Crippen LogP contribution in [0.15, 0.2) is 6.33 Å². The number of aldehydes is 1. The molecule has 0 spiro atoms. The fourth-order valence-corrected chi connectivity index (χ4v) is 1.38. The van der Waals surface area contributed by atoms with Crippen molar-refractivity contribution in [3.8, 4) is 0 Å². The van der Waals surface area contributed by atoms with E-state index in [1.807, 2.05) is 6.26 Å². The van der Waals surface area contributed by atoms with Crippen LogP contribution in [0.3, 0.4) is 0 Å². The second-order valence-corrected chi connectivity index (χ2v) is 5.73. The summed E-state index contributed by atoms with van der Waals surface area (Å²) >= 11 is 7.52. The number of aromatic nitrogens is 2. The number of carbonyl (C=O) groups is 1. The van der Waals surface area contributed by atoms with Gasteiger partial charge in [-0.15, -0.1) is 0 Å². The van der Waals surface area contributed by atoms with Crippen molar-refractivity contribution in [3.05, 3.63) is 17.0 Å². The number of carbonyl (C=O) groups excluding carboxylic acids is 1. The topological polar surface area (TPSA) is 54.9 Å². The first kappa shape index (κ1) is 13.3. The molecule has 6 heteroatoms. The van der Waals surface area contributed by atoms with E-state index in [0.717, 1.165) is 0 Å². The quantitative estimate of drug-likeness (QED) is 0.650. The second kappa shape index (κ2) is 5.50. The van der Waals surface area contributed by atoms with Gasteiger partial charge in [0.1, 0.15) is 17.3 Å². The van der Waals surface area contributed by atoms with Crippen molar-refractivity contribution in [2.45, 2.75) is 18.6 Å². The summed E-state index contributed by atoms with van der Waals surface area (Å²) in [5, 5.41) is 3.28. The third kappa shape index (κ3) is 3.35. The van der Waals surface area contributed by atoms with Gasteiger partial charge in [0.25, 0.3) is 0 Å². The molecule has 0 fully saturated rings. The molecule has 1 rings (SSSR count). The summed E-state index contributed by atoms with van der Waals surface area (Å²) in [4.78, 5) is 18.6. The summed E-state index contributed by atoms with van der Waals surface area (Å²) in [6.07, 6.45) is 4.04. The highest BCUT2D eigenvalue weighted by molar-refractivity contribution is 7.99. The van der Waals surface area contributed by atoms with Gasteiger partial charge < -0.3 is 5.32 Å². The van der Waals surface area contributed by atoms with Gasteiger partial charge in [-0.1, -0.05) is 11.6 Å². The minimum absolute atomic E-state index is 0.0670. The Kier molecular flexibility index (Phi) is 4.56. The lowest BCUT2D eigenvalue weighted by Crippen LogP contribution is -2.26. The second-order valence-electron chi connectivity index (χ2n) is 3.86. The van der Waals surface area contributed by atoms with E-state index in [-0.39, 0.29) is 9.90 Å². The van der Waals surface area contributed by atoms with Crippen LogP contribution in [0.2, 0.25) is 5.15 Å². The first-order valence-electron chi connectivity index (χ1n) is 4.75. The standard InChI is InChI=1S/C10H14ClN3OS/c1-10(2,16-3)5-12-9-7(4-15)8(11)13-6-14-9/h4,6H,5H2,1-3H3,(H,12,13,14). The molecule has 88 valence electrons. The fraction of sp³-hybridized carbons (Fsp3) is 0.500. The van der Waals surface area contributed by atoms with Crippen molar-refractivity contribution in [2.24, 2.45) is 0 Å². The maximum atomic E-state index is 10.8. The average molecular weight is 260 g/mol. The Morgan fingerprint density at radius 3 is 2.81 bits per heavy atom. The smallest absolute Gasteiger partial charge is 0.156 e. The fourth-order valence-electron chi connectivity index (χ4n) is 0.988. The molecular weight excluding hydrogens is 246 g/mol. The van der Waals surface area contributed by atoms with Crippen molar-refractivity contribution in [2.75, 3.05) is 18.1 Å². The Morgan fingerprint density at radius 1 is 1.56 bits per heavy atom. The van der Waals surface area contributed by atoms with Gasteiger partial charge in [-0.05, 0) is 20.1 Å². The number of anilines is 1. The van der Waals surface area contributed by atoms with E-state index in [1.54, 1.807) is 11.8 Å². The maximum Gasteiger partial charge on any atom is 0.156 e. The van der Waals surface area contributed by atoms with Crippen LogP contribution >= 0.6 is 23.4 Å². The van der Waals surface area contributed by atoms with Crippen LogP contribution in [0.4, 0.5) is 5.82 Å². The van der Waals surface area contributed by atoms with E-state index in [2.05, 4.69) is 29.1 Å². The number of hydrogen-bond donors (Lipinski definition) is 1. The molecule has 1 heterocycles. The summed E-state index contributed by atoms with van der Waals surface area (Å²) in [5.41, 5.74) is 0.307. The molecule has 0 saturated carbocycles. The Bertz CT molecular complexity index is 384. The molecule has 4 nitrogen and oxygen atoms in total. The number of hydrogen-bond acceptors (Lipinski definition) is 5. The molecule has 0 saturated heterocycles. The van der Waals surface area contributed by atoms with Gasteiger partial charge in [-0.25, -0.2) is 9.97 Å². The van der Waals surface area contributed by atoms with Crippen molar-refractivity contribution in [1.82, 2.24) is 9.97 Å². The van der Waals surface area contributed by atoms with E-state index in [0.29, 0.717) is 24.2 Å². The van der Waals surface area contributed by atoms with Crippen LogP contribution in [0.5, 0.6) is 0 Å². The number of thioether (sulfide) groups is 1. The summed E-state index contributed by atoms with van der Waals surface area (Å²) in [6, 6.07) is 0. The van der Waals surface area contributed by atoms with E-state index in [4.69, 9.17) is 11.6 Å². The molecular formula is C10H14ClN3OS. The van der Waals surface area contributed by atoms with E-state index >= 15 is 0 Å². The van der Waals surface area contributed by atoms with Crippen LogP contribution in [-0.2, 0) is 0 Å². The van der Waals surface area contributed by atoms with Gasteiger partial charge in [-0.3, -0.25) is 4.79 Å². The first-order valence-corrected chi connectivity index (χ1v) is 6.35. The number of nitrogens with one attached hydrogen (secondary N) is 1. The maximum absolute atomic E-state index is 10.8. The highest BCUT2D eigenvalue weighted by Gasteiger charge is 2.17. The summed E-state index contributed by atoms with van der Waals surface area (Å²) in [6.45, 7) is 4.91. The van der Waals surface area contributed by atoms with Crippen LogP contribution in [-0.4, -0.2) is 33.8 Å².